The summed E-state index contributed by atoms with van der Waals surface area (Å²) in [5.74, 6) is 0.577. The molecule has 0 fully saturated rings. The van der Waals surface area contributed by atoms with E-state index in [1.165, 1.54) is 30.4 Å². The Balaban J connectivity index is 2.15. The summed E-state index contributed by atoms with van der Waals surface area (Å²) in [6.07, 6.45) is 9.61. The Hall–Kier alpha value is -1.57. The van der Waals surface area contributed by atoms with E-state index in [2.05, 4.69) is 67.7 Å². The molecule has 2 rings (SSSR count). The van der Waals surface area contributed by atoms with Gasteiger partial charge in [-0.2, -0.15) is 0 Å². The smallest absolute Gasteiger partial charge is 0.0946 e. The number of rotatable bonds is 6. The molecule has 114 valence electrons. The van der Waals surface area contributed by atoms with Crippen LogP contribution in [0.25, 0.3) is 0 Å². The number of benzene rings is 1. The third-order valence-corrected chi connectivity index (χ3v) is 4.14. The SMILES string of the molecule is CCCCC(Cn1ccnc1)c1ccc(C(C)(C)C)cc1. The lowest BCUT2D eigenvalue weighted by atomic mass is 9.85. The molecule has 1 aromatic carbocycles. The summed E-state index contributed by atoms with van der Waals surface area (Å²) in [6, 6.07) is 9.22. The molecular formula is C19H28N2. The second-order valence-corrected chi connectivity index (χ2v) is 6.97. The Kier molecular flexibility index (Phi) is 5.22. The summed E-state index contributed by atoms with van der Waals surface area (Å²) in [5.41, 5.74) is 3.08. The summed E-state index contributed by atoms with van der Waals surface area (Å²) in [7, 11) is 0. The Morgan fingerprint density at radius 2 is 1.86 bits per heavy atom. The zero-order valence-electron chi connectivity index (χ0n) is 13.8. The van der Waals surface area contributed by atoms with E-state index in [4.69, 9.17) is 0 Å². The summed E-state index contributed by atoms with van der Waals surface area (Å²) >= 11 is 0. The average molecular weight is 284 g/mol. The van der Waals surface area contributed by atoms with Crippen molar-refractivity contribution in [2.24, 2.45) is 0 Å². The van der Waals surface area contributed by atoms with Crippen LogP contribution in [-0.4, -0.2) is 9.55 Å². The van der Waals surface area contributed by atoms with Crippen molar-refractivity contribution >= 4 is 0 Å². The summed E-state index contributed by atoms with van der Waals surface area (Å²) in [5, 5.41) is 0. The van der Waals surface area contributed by atoms with Crippen LogP contribution >= 0.6 is 0 Å². The highest BCUT2D eigenvalue weighted by molar-refractivity contribution is 5.29. The highest BCUT2D eigenvalue weighted by Gasteiger charge is 2.16. The van der Waals surface area contributed by atoms with E-state index < -0.39 is 0 Å². The number of aromatic nitrogens is 2. The standard InChI is InChI=1S/C19H28N2/c1-5-6-7-17(14-21-13-12-20-15-21)16-8-10-18(11-9-16)19(2,3)4/h8-13,15,17H,5-7,14H2,1-4H3. The van der Waals surface area contributed by atoms with E-state index in [1.807, 2.05) is 12.5 Å². The molecule has 0 aliphatic carbocycles. The summed E-state index contributed by atoms with van der Waals surface area (Å²) < 4.78 is 2.19. The van der Waals surface area contributed by atoms with Crippen LogP contribution in [0.4, 0.5) is 0 Å². The van der Waals surface area contributed by atoms with E-state index in [-0.39, 0.29) is 5.41 Å². The normalized spacial score (nSPS) is 13.3. The van der Waals surface area contributed by atoms with Crippen LogP contribution in [0.15, 0.2) is 43.0 Å². The third-order valence-electron chi connectivity index (χ3n) is 4.14. The molecule has 0 N–H and O–H groups in total. The number of hydrogen-bond acceptors (Lipinski definition) is 1. The predicted octanol–water partition coefficient (Wildman–Crippen LogP) is 5.15. The van der Waals surface area contributed by atoms with E-state index in [0.717, 1.165) is 6.54 Å². The predicted molar refractivity (Wildman–Crippen MR) is 89.6 cm³/mol. The van der Waals surface area contributed by atoms with Crippen molar-refractivity contribution in [3.8, 4) is 0 Å². The van der Waals surface area contributed by atoms with Crippen LogP contribution in [0.1, 0.15) is 64.0 Å². The van der Waals surface area contributed by atoms with Gasteiger partial charge in [0, 0.05) is 24.9 Å². The van der Waals surface area contributed by atoms with Crippen molar-refractivity contribution in [2.45, 2.75) is 64.8 Å². The Morgan fingerprint density at radius 3 is 2.38 bits per heavy atom. The lowest BCUT2D eigenvalue weighted by Gasteiger charge is -2.22. The van der Waals surface area contributed by atoms with Gasteiger partial charge in [-0.15, -0.1) is 0 Å². The molecule has 0 radical (unpaired) electrons. The molecule has 0 spiro atoms. The molecule has 1 aromatic heterocycles. The zero-order chi connectivity index (χ0) is 15.3. The van der Waals surface area contributed by atoms with Crippen LogP contribution in [0.5, 0.6) is 0 Å². The molecule has 2 nitrogen and oxygen atoms in total. The first kappa shape index (κ1) is 15.8. The maximum atomic E-state index is 4.16. The van der Waals surface area contributed by atoms with Gasteiger partial charge in [-0.3, -0.25) is 0 Å². The molecule has 0 saturated heterocycles. The summed E-state index contributed by atoms with van der Waals surface area (Å²) in [4.78, 5) is 4.16. The van der Waals surface area contributed by atoms with Crippen molar-refractivity contribution in [1.82, 2.24) is 9.55 Å². The zero-order valence-corrected chi connectivity index (χ0v) is 13.8. The molecule has 2 aromatic rings. The Morgan fingerprint density at radius 1 is 1.14 bits per heavy atom. The van der Waals surface area contributed by atoms with Crippen molar-refractivity contribution in [1.29, 1.82) is 0 Å². The fraction of sp³-hybridized carbons (Fsp3) is 0.526. The van der Waals surface area contributed by atoms with Gasteiger partial charge in [0.15, 0.2) is 0 Å². The second-order valence-electron chi connectivity index (χ2n) is 6.97. The molecule has 1 atom stereocenters. The molecule has 1 heterocycles. The van der Waals surface area contributed by atoms with E-state index in [1.54, 1.807) is 0 Å². The van der Waals surface area contributed by atoms with Crippen molar-refractivity contribution < 1.29 is 0 Å². The van der Waals surface area contributed by atoms with Gasteiger partial charge in [-0.1, -0.05) is 64.8 Å². The molecule has 2 heteroatoms. The van der Waals surface area contributed by atoms with Gasteiger partial charge < -0.3 is 4.57 Å². The van der Waals surface area contributed by atoms with Gasteiger partial charge in [0.2, 0.25) is 0 Å². The lowest BCUT2D eigenvalue weighted by Crippen LogP contribution is -2.12. The van der Waals surface area contributed by atoms with Crippen LogP contribution in [0, 0.1) is 0 Å². The van der Waals surface area contributed by atoms with Crippen molar-refractivity contribution in [2.75, 3.05) is 0 Å². The number of imidazole rings is 1. The Labute approximate surface area is 129 Å². The highest BCUT2D eigenvalue weighted by Crippen LogP contribution is 2.28. The number of nitrogens with zero attached hydrogens (tertiary/aromatic N) is 2. The van der Waals surface area contributed by atoms with Crippen LogP contribution in [0.3, 0.4) is 0 Å². The largest absolute Gasteiger partial charge is 0.337 e. The Bertz CT molecular complexity index is 518. The molecule has 0 aliphatic heterocycles. The van der Waals surface area contributed by atoms with Gasteiger partial charge in [0.05, 0.1) is 6.33 Å². The average Bonchev–Trinajstić information content (AvgIpc) is 2.95. The third kappa shape index (κ3) is 4.45. The first-order valence-electron chi connectivity index (χ1n) is 8.07. The van der Waals surface area contributed by atoms with Gasteiger partial charge in [-0.05, 0) is 23.0 Å². The van der Waals surface area contributed by atoms with E-state index >= 15 is 0 Å². The summed E-state index contributed by atoms with van der Waals surface area (Å²) in [6.45, 7) is 10.1. The van der Waals surface area contributed by atoms with Crippen molar-refractivity contribution in [3.63, 3.8) is 0 Å². The molecule has 0 aliphatic rings. The van der Waals surface area contributed by atoms with E-state index in [0.29, 0.717) is 5.92 Å². The second kappa shape index (κ2) is 6.93. The van der Waals surface area contributed by atoms with Gasteiger partial charge >= 0.3 is 0 Å². The molecular weight excluding hydrogens is 256 g/mol. The van der Waals surface area contributed by atoms with Crippen LogP contribution in [-0.2, 0) is 12.0 Å². The number of unbranched alkanes of at least 4 members (excludes halogenated alkanes) is 1. The maximum absolute atomic E-state index is 4.16. The maximum Gasteiger partial charge on any atom is 0.0946 e. The monoisotopic (exact) mass is 284 g/mol. The lowest BCUT2D eigenvalue weighted by molar-refractivity contribution is 0.504. The first-order valence-corrected chi connectivity index (χ1v) is 8.07. The molecule has 1 unspecified atom stereocenters. The minimum atomic E-state index is 0.224. The number of hydrogen-bond donors (Lipinski definition) is 0. The highest BCUT2D eigenvalue weighted by atomic mass is 15.0. The van der Waals surface area contributed by atoms with Crippen LogP contribution < -0.4 is 0 Å². The minimum absolute atomic E-state index is 0.224. The van der Waals surface area contributed by atoms with Gasteiger partial charge in [0.25, 0.3) is 0 Å². The van der Waals surface area contributed by atoms with Crippen LogP contribution in [0.2, 0.25) is 0 Å². The fourth-order valence-electron chi connectivity index (χ4n) is 2.72. The fourth-order valence-corrected chi connectivity index (χ4v) is 2.72. The first-order chi connectivity index (χ1) is 10.0. The minimum Gasteiger partial charge on any atom is -0.337 e. The van der Waals surface area contributed by atoms with Crippen molar-refractivity contribution in [3.05, 3.63) is 54.1 Å². The molecule has 0 saturated carbocycles. The quantitative estimate of drug-likeness (QED) is 0.717. The van der Waals surface area contributed by atoms with E-state index in [9.17, 15) is 0 Å². The van der Waals surface area contributed by atoms with Gasteiger partial charge in [-0.25, -0.2) is 4.98 Å². The topological polar surface area (TPSA) is 17.8 Å². The van der Waals surface area contributed by atoms with Gasteiger partial charge in [0.1, 0.15) is 0 Å². The molecule has 0 bridgehead atoms. The molecule has 21 heavy (non-hydrogen) atoms. The molecule has 0 amide bonds.